The van der Waals surface area contributed by atoms with Crippen LogP contribution in [0.15, 0.2) is 48.5 Å². The molecule has 0 saturated carbocycles. The molecule has 0 radical (unpaired) electrons. The molecule has 0 aliphatic rings. The third-order valence-electron chi connectivity index (χ3n) is 2.91. The molecule has 2 aromatic carbocycles. The van der Waals surface area contributed by atoms with Crippen molar-refractivity contribution < 1.29 is 9.47 Å². The number of rotatable bonds is 6. The number of likely N-dealkylation sites (N-methyl/N-ethyl adjacent to an activating group) is 1. The van der Waals surface area contributed by atoms with Crippen LogP contribution in [0, 0.1) is 6.92 Å². The van der Waals surface area contributed by atoms with Crippen LogP contribution in [0.3, 0.4) is 0 Å². The molecule has 0 heterocycles. The first kappa shape index (κ1) is 14.4. The van der Waals surface area contributed by atoms with Crippen molar-refractivity contribution in [1.29, 1.82) is 0 Å². The van der Waals surface area contributed by atoms with Gasteiger partial charge >= 0.3 is 0 Å². The van der Waals surface area contributed by atoms with Gasteiger partial charge in [-0.3, -0.25) is 0 Å². The molecule has 0 aliphatic carbocycles. The Morgan fingerprint density at radius 2 is 1.40 bits per heavy atom. The highest BCUT2D eigenvalue weighted by Crippen LogP contribution is 2.24. The minimum absolute atomic E-state index is 0.142. The molecular weight excluding hydrogens is 250 g/mol. The zero-order chi connectivity index (χ0) is 14.4. The van der Waals surface area contributed by atoms with Gasteiger partial charge in [-0.2, -0.15) is 0 Å². The standard InChI is InChI=1S/C17H21NO2/c1-13-4-6-16(7-5-13)20-17-10-8-15(9-11-17)19-14(2)12-18-3/h4-11,14,18H,12H2,1-3H3. The molecule has 0 fully saturated rings. The zero-order valence-corrected chi connectivity index (χ0v) is 12.2. The Balaban J connectivity index is 1.96. The molecule has 0 amide bonds. The summed E-state index contributed by atoms with van der Waals surface area (Å²) in [5, 5.41) is 3.09. The van der Waals surface area contributed by atoms with Crippen LogP contribution in [0.5, 0.6) is 17.2 Å². The second-order valence-electron chi connectivity index (χ2n) is 4.87. The predicted octanol–water partition coefficient (Wildman–Crippen LogP) is 3.77. The number of hydrogen-bond donors (Lipinski definition) is 1. The molecule has 106 valence electrons. The Hall–Kier alpha value is -2.00. The van der Waals surface area contributed by atoms with Crippen LogP contribution in [0.1, 0.15) is 12.5 Å². The molecule has 1 N–H and O–H groups in total. The molecule has 1 atom stereocenters. The van der Waals surface area contributed by atoms with Crippen LogP contribution in [0.4, 0.5) is 0 Å². The molecule has 2 rings (SSSR count). The largest absolute Gasteiger partial charge is 0.489 e. The van der Waals surface area contributed by atoms with E-state index >= 15 is 0 Å². The van der Waals surface area contributed by atoms with E-state index in [4.69, 9.17) is 9.47 Å². The minimum Gasteiger partial charge on any atom is -0.489 e. The van der Waals surface area contributed by atoms with E-state index in [1.54, 1.807) is 0 Å². The third kappa shape index (κ3) is 4.28. The Morgan fingerprint density at radius 1 is 0.900 bits per heavy atom. The van der Waals surface area contributed by atoms with Gasteiger partial charge in [-0.05, 0) is 57.3 Å². The fraction of sp³-hybridized carbons (Fsp3) is 0.294. The fourth-order valence-electron chi connectivity index (χ4n) is 1.89. The second-order valence-corrected chi connectivity index (χ2v) is 4.87. The summed E-state index contributed by atoms with van der Waals surface area (Å²) in [7, 11) is 1.92. The van der Waals surface area contributed by atoms with Crippen molar-refractivity contribution in [3.05, 3.63) is 54.1 Å². The van der Waals surface area contributed by atoms with Crippen LogP contribution >= 0.6 is 0 Å². The monoisotopic (exact) mass is 271 g/mol. The van der Waals surface area contributed by atoms with Gasteiger partial charge in [-0.1, -0.05) is 17.7 Å². The lowest BCUT2D eigenvalue weighted by molar-refractivity contribution is 0.220. The molecule has 0 aliphatic heterocycles. The Bertz CT molecular complexity index is 520. The van der Waals surface area contributed by atoms with Crippen molar-refractivity contribution in [3.8, 4) is 17.2 Å². The van der Waals surface area contributed by atoms with Crippen LogP contribution in [-0.2, 0) is 0 Å². The molecule has 0 bridgehead atoms. The summed E-state index contributed by atoms with van der Waals surface area (Å²) in [4.78, 5) is 0. The highest BCUT2D eigenvalue weighted by atomic mass is 16.5. The summed E-state index contributed by atoms with van der Waals surface area (Å²) < 4.78 is 11.5. The van der Waals surface area contributed by atoms with E-state index in [1.807, 2.05) is 62.5 Å². The SMILES string of the molecule is CNCC(C)Oc1ccc(Oc2ccc(C)cc2)cc1. The van der Waals surface area contributed by atoms with E-state index in [1.165, 1.54) is 5.56 Å². The summed E-state index contributed by atoms with van der Waals surface area (Å²) in [6, 6.07) is 15.7. The van der Waals surface area contributed by atoms with Gasteiger partial charge in [0.1, 0.15) is 23.4 Å². The van der Waals surface area contributed by atoms with Crippen LogP contribution in [0.25, 0.3) is 0 Å². The summed E-state index contributed by atoms with van der Waals surface area (Å²) >= 11 is 0. The van der Waals surface area contributed by atoms with Gasteiger partial charge in [-0.25, -0.2) is 0 Å². The van der Waals surface area contributed by atoms with Crippen LogP contribution < -0.4 is 14.8 Å². The summed E-state index contributed by atoms with van der Waals surface area (Å²) in [6.45, 7) is 4.91. The molecule has 0 aromatic heterocycles. The van der Waals surface area contributed by atoms with Crippen molar-refractivity contribution in [2.75, 3.05) is 13.6 Å². The first-order chi connectivity index (χ1) is 9.67. The van der Waals surface area contributed by atoms with Gasteiger partial charge in [0.05, 0.1) is 0 Å². The Morgan fingerprint density at radius 3 is 1.95 bits per heavy atom. The topological polar surface area (TPSA) is 30.5 Å². The van der Waals surface area contributed by atoms with Gasteiger partial charge in [0.15, 0.2) is 0 Å². The number of nitrogens with one attached hydrogen (secondary N) is 1. The third-order valence-corrected chi connectivity index (χ3v) is 2.91. The number of aryl methyl sites for hydroxylation is 1. The molecule has 0 spiro atoms. The van der Waals surface area contributed by atoms with Gasteiger partial charge < -0.3 is 14.8 Å². The van der Waals surface area contributed by atoms with Gasteiger partial charge in [0.2, 0.25) is 0 Å². The van der Waals surface area contributed by atoms with E-state index in [-0.39, 0.29) is 6.10 Å². The maximum atomic E-state index is 5.77. The average Bonchev–Trinajstić information content (AvgIpc) is 2.44. The smallest absolute Gasteiger partial charge is 0.127 e. The second kappa shape index (κ2) is 6.96. The fourth-order valence-corrected chi connectivity index (χ4v) is 1.89. The summed E-state index contributed by atoms with van der Waals surface area (Å²) in [5.74, 6) is 2.50. The first-order valence-electron chi connectivity index (χ1n) is 6.83. The lowest BCUT2D eigenvalue weighted by Crippen LogP contribution is -2.25. The maximum absolute atomic E-state index is 5.77. The van der Waals surface area contributed by atoms with Gasteiger partial charge in [0, 0.05) is 6.54 Å². The van der Waals surface area contributed by atoms with E-state index in [0.717, 1.165) is 23.8 Å². The Kier molecular flexibility index (Phi) is 5.02. The van der Waals surface area contributed by atoms with E-state index in [2.05, 4.69) is 12.2 Å². The van der Waals surface area contributed by atoms with E-state index < -0.39 is 0 Å². The predicted molar refractivity (Wildman–Crippen MR) is 81.7 cm³/mol. The molecule has 3 heteroatoms. The van der Waals surface area contributed by atoms with Crippen molar-refractivity contribution >= 4 is 0 Å². The molecule has 0 saturated heterocycles. The summed E-state index contributed by atoms with van der Waals surface area (Å²) in [5.41, 5.74) is 1.22. The quantitative estimate of drug-likeness (QED) is 0.867. The molecular formula is C17H21NO2. The van der Waals surface area contributed by atoms with E-state index in [0.29, 0.717) is 0 Å². The van der Waals surface area contributed by atoms with Crippen molar-refractivity contribution in [1.82, 2.24) is 5.32 Å². The number of benzene rings is 2. The maximum Gasteiger partial charge on any atom is 0.127 e. The number of hydrogen-bond acceptors (Lipinski definition) is 3. The lowest BCUT2D eigenvalue weighted by Gasteiger charge is -2.14. The molecule has 2 aromatic rings. The molecule has 20 heavy (non-hydrogen) atoms. The van der Waals surface area contributed by atoms with Crippen molar-refractivity contribution in [3.63, 3.8) is 0 Å². The lowest BCUT2D eigenvalue weighted by atomic mass is 10.2. The van der Waals surface area contributed by atoms with E-state index in [9.17, 15) is 0 Å². The van der Waals surface area contributed by atoms with Crippen molar-refractivity contribution in [2.24, 2.45) is 0 Å². The highest BCUT2D eigenvalue weighted by Gasteiger charge is 2.03. The summed E-state index contributed by atoms with van der Waals surface area (Å²) in [6.07, 6.45) is 0.142. The normalized spacial score (nSPS) is 11.9. The van der Waals surface area contributed by atoms with Crippen LogP contribution in [0.2, 0.25) is 0 Å². The molecule has 3 nitrogen and oxygen atoms in total. The minimum atomic E-state index is 0.142. The van der Waals surface area contributed by atoms with Gasteiger partial charge in [-0.15, -0.1) is 0 Å². The Labute approximate surface area is 120 Å². The number of ether oxygens (including phenoxy) is 2. The van der Waals surface area contributed by atoms with Crippen LogP contribution in [-0.4, -0.2) is 19.7 Å². The highest BCUT2D eigenvalue weighted by molar-refractivity contribution is 5.36. The molecule has 1 unspecified atom stereocenters. The average molecular weight is 271 g/mol. The zero-order valence-electron chi connectivity index (χ0n) is 12.2. The van der Waals surface area contributed by atoms with Crippen molar-refractivity contribution in [2.45, 2.75) is 20.0 Å². The van der Waals surface area contributed by atoms with Gasteiger partial charge in [0.25, 0.3) is 0 Å². The first-order valence-corrected chi connectivity index (χ1v) is 6.83.